The summed E-state index contributed by atoms with van der Waals surface area (Å²) in [5.41, 5.74) is 11.3. The Labute approximate surface area is 138 Å². The number of hydrogen-bond acceptors (Lipinski definition) is 6. The first kappa shape index (κ1) is 16.0. The highest BCUT2D eigenvalue weighted by Crippen LogP contribution is 2.27. The molecule has 0 atom stereocenters. The van der Waals surface area contributed by atoms with E-state index in [2.05, 4.69) is 26.1 Å². The number of nitrogens with zero attached hydrogens (tertiary/aromatic N) is 2. The third kappa shape index (κ3) is 3.53. The molecule has 1 aliphatic rings. The minimum Gasteiger partial charge on any atom is -0.393 e. The van der Waals surface area contributed by atoms with Crippen LogP contribution in [0.4, 0.5) is 21.7 Å². The van der Waals surface area contributed by atoms with E-state index < -0.39 is 11.7 Å². The van der Waals surface area contributed by atoms with Crippen LogP contribution < -0.4 is 21.9 Å². The summed E-state index contributed by atoms with van der Waals surface area (Å²) in [6.45, 7) is 0. The number of carbonyl (C=O) groups is 1. The van der Waals surface area contributed by atoms with Crippen LogP contribution in [0.2, 0.25) is 0 Å². The van der Waals surface area contributed by atoms with Gasteiger partial charge in [0.1, 0.15) is 17.8 Å². The fourth-order valence-electron chi connectivity index (χ4n) is 2.70. The van der Waals surface area contributed by atoms with Crippen molar-refractivity contribution in [1.29, 1.82) is 0 Å². The monoisotopic (exact) mass is 330 g/mol. The number of nitrogens with two attached hydrogens (primary N) is 1. The minimum atomic E-state index is -0.614. The number of benzene rings is 1. The molecule has 0 radical (unpaired) electrons. The molecule has 24 heavy (non-hydrogen) atoms. The zero-order chi connectivity index (χ0) is 16.9. The number of nitrogen functional groups attached to an aromatic ring is 1. The molecule has 0 aliphatic heterocycles. The van der Waals surface area contributed by atoms with Gasteiger partial charge in [0, 0.05) is 6.04 Å². The van der Waals surface area contributed by atoms with Crippen molar-refractivity contribution in [3.8, 4) is 0 Å². The third-order valence-corrected chi connectivity index (χ3v) is 3.99. The summed E-state index contributed by atoms with van der Waals surface area (Å²) in [4.78, 5) is 20.1. The van der Waals surface area contributed by atoms with Crippen LogP contribution in [0.3, 0.4) is 0 Å². The van der Waals surface area contributed by atoms with Crippen molar-refractivity contribution in [3.63, 3.8) is 0 Å². The predicted molar refractivity (Wildman–Crippen MR) is 89.8 cm³/mol. The minimum absolute atomic E-state index is 0.0677. The molecule has 0 bridgehead atoms. The summed E-state index contributed by atoms with van der Waals surface area (Å²) >= 11 is 0. The summed E-state index contributed by atoms with van der Waals surface area (Å²) in [5.74, 6) is -0.429. The quantitative estimate of drug-likeness (QED) is 0.627. The van der Waals surface area contributed by atoms with Gasteiger partial charge in [-0.15, -0.1) is 0 Å². The van der Waals surface area contributed by atoms with Crippen LogP contribution in [-0.4, -0.2) is 21.9 Å². The van der Waals surface area contributed by atoms with Gasteiger partial charge in [-0.2, -0.15) is 0 Å². The Kier molecular flexibility index (Phi) is 4.74. The van der Waals surface area contributed by atoms with Gasteiger partial charge in [-0.3, -0.25) is 15.6 Å². The maximum Gasteiger partial charge on any atom is 0.272 e. The highest BCUT2D eigenvalue weighted by atomic mass is 19.1. The molecule has 3 rings (SSSR count). The molecule has 1 aromatic carbocycles. The highest BCUT2D eigenvalue weighted by molar-refractivity contribution is 5.95. The Balaban J connectivity index is 1.67. The molecular weight excluding hydrogens is 311 g/mol. The van der Waals surface area contributed by atoms with Gasteiger partial charge in [0.2, 0.25) is 0 Å². The standard InChI is InChI=1S/C16H19FN6O/c17-12-8-4-3-7-11(12)16(24)23-22-15-13(18)14(19-9-20-15)21-10-5-1-2-6-10/h3-4,7-10H,1-2,5-6,18H2,(H,23,24)(H2,19,20,21,22). The second-order valence-electron chi connectivity index (χ2n) is 5.67. The molecule has 126 valence electrons. The number of anilines is 3. The Morgan fingerprint density at radius 2 is 1.88 bits per heavy atom. The number of hydrazine groups is 1. The van der Waals surface area contributed by atoms with Crippen LogP contribution in [0.5, 0.6) is 0 Å². The zero-order valence-electron chi connectivity index (χ0n) is 13.1. The van der Waals surface area contributed by atoms with E-state index in [1.165, 1.54) is 37.4 Å². The van der Waals surface area contributed by atoms with Crippen LogP contribution in [0.1, 0.15) is 36.0 Å². The van der Waals surface area contributed by atoms with Gasteiger partial charge in [-0.05, 0) is 25.0 Å². The molecule has 1 amide bonds. The Morgan fingerprint density at radius 1 is 1.17 bits per heavy atom. The lowest BCUT2D eigenvalue weighted by molar-refractivity contribution is 0.0958. The number of aromatic nitrogens is 2. The van der Waals surface area contributed by atoms with Gasteiger partial charge in [-0.25, -0.2) is 14.4 Å². The normalized spacial score (nSPS) is 14.4. The highest BCUT2D eigenvalue weighted by Gasteiger charge is 2.18. The van der Waals surface area contributed by atoms with E-state index in [1.807, 2.05) is 0 Å². The summed E-state index contributed by atoms with van der Waals surface area (Å²) in [6, 6.07) is 6.06. The van der Waals surface area contributed by atoms with Gasteiger partial charge in [0.05, 0.1) is 5.56 Å². The first-order chi connectivity index (χ1) is 11.6. The molecule has 1 saturated carbocycles. The third-order valence-electron chi connectivity index (χ3n) is 3.99. The molecule has 0 spiro atoms. The Morgan fingerprint density at radius 3 is 2.62 bits per heavy atom. The average Bonchev–Trinajstić information content (AvgIpc) is 3.09. The van der Waals surface area contributed by atoms with Crippen molar-refractivity contribution in [3.05, 3.63) is 42.0 Å². The van der Waals surface area contributed by atoms with Crippen molar-refractivity contribution in [2.45, 2.75) is 31.7 Å². The molecule has 2 aromatic rings. The van der Waals surface area contributed by atoms with Gasteiger partial charge < -0.3 is 11.1 Å². The second kappa shape index (κ2) is 7.12. The van der Waals surface area contributed by atoms with Gasteiger partial charge in [0.25, 0.3) is 5.91 Å². The van der Waals surface area contributed by atoms with Crippen LogP contribution in [0, 0.1) is 5.82 Å². The number of halogens is 1. The maximum absolute atomic E-state index is 13.6. The van der Waals surface area contributed by atoms with Gasteiger partial charge in [-0.1, -0.05) is 25.0 Å². The fraction of sp³-hybridized carbons (Fsp3) is 0.312. The van der Waals surface area contributed by atoms with Gasteiger partial charge >= 0.3 is 0 Å². The average molecular weight is 330 g/mol. The van der Waals surface area contributed by atoms with Crippen LogP contribution >= 0.6 is 0 Å². The topological polar surface area (TPSA) is 105 Å². The SMILES string of the molecule is Nc1c(NNC(=O)c2ccccc2F)ncnc1NC1CCCC1. The molecule has 0 saturated heterocycles. The van der Waals surface area contributed by atoms with Crippen LogP contribution in [-0.2, 0) is 0 Å². The molecule has 1 aromatic heterocycles. The van der Waals surface area contributed by atoms with E-state index in [0.717, 1.165) is 12.8 Å². The molecule has 7 nitrogen and oxygen atoms in total. The van der Waals surface area contributed by atoms with Crippen molar-refractivity contribution in [2.75, 3.05) is 16.5 Å². The van der Waals surface area contributed by atoms with E-state index in [4.69, 9.17) is 5.73 Å². The van der Waals surface area contributed by atoms with E-state index in [1.54, 1.807) is 6.07 Å². The van der Waals surface area contributed by atoms with Gasteiger partial charge in [0.15, 0.2) is 11.6 Å². The molecular formula is C16H19FN6O. The lowest BCUT2D eigenvalue weighted by atomic mass is 10.2. The Bertz CT molecular complexity index is 732. The summed E-state index contributed by atoms with van der Waals surface area (Å²) in [5, 5.41) is 3.29. The summed E-state index contributed by atoms with van der Waals surface area (Å²) in [7, 11) is 0. The van der Waals surface area contributed by atoms with Crippen molar-refractivity contribution >= 4 is 23.2 Å². The molecule has 1 fully saturated rings. The zero-order valence-corrected chi connectivity index (χ0v) is 13.1. The van der Waals surface area contributed by atoms with Crippen LogP contribution in [0.25, 0.3) is 0 Å². The van der Waals surface area contributed by atoms with Crippen molar-refractivity contribution in [2.24, 2.45) is 0 Å². The number of hydrogen-bond donors (Lipinski definition) is 4. The van der Waals surface area contributed by atoms with E-state index in [0.29, 0.717) is 17.5 Å². The molecule has 1 aliphatic carbocycles. The molecule has 5 N–H and O–H groups in total. The van der Waals surface area contributed by atoms with E-state index in [9.17, 15) is 9.18 Å². The first-order valence-corrected chi connectivity index (χ1v) is 7.83. The van der Waals surface area contributed by atoms with E-state index >= 15 is 0 Å². The summed E-state index contributed by atoms with van der Waals surface area (Å²) < 4.78 is 13.6. The molecule has 0 unspecified atom stereocenters. The van der Waals surface area contributed by atoms with E-state index in [-0.39, 0.29) is 11.4 Å². The van der Waals surface area contributed by atoms with Crippen LogP contribution in [0.15, 0.2) is 30.6 Å². The maximum atomic E-state index is 13.6. The van der Waals surface area contributed by atoms with Crippen molar-refractivity contribution in [1.82, 2.24) is 15.4 Å². The summed E-state index contributed by atoms with van der Waals surface area (Å²) in [6.07, 6.45) is 5.89. The first-order valence-electron chi connectivity index (χ1n) is 7.83. The smallest absolute Gasteiger partial charge is 0.272 e. The fourth-order valence-corrected chi connectivity index (χ4v) is 2.70. The lowest BCUT2D eigenvalue weighted by Crippen LogP contribution is -2.31. The predicted octanol–water partition coefficient (Wildman–Crippen LogP) is 2.31. The van der Waals surface area contributed by atoms with Crippen molar-refractivity contribution < 1.29 is 9.18 Å². The molecule has 8 heteroatoms. The number of nitrogens with one attached hydrogen (secondary N) is 3. The number of amides is 1. The number of carbonyl (C=O) groups excluding carboxylic acids is 1. The number of rotatable bonds is 5. The largest absolute Gasteiger partial charge is 0.393 e. The molecule has 1 heterocycles. The Hall–Kier alpha value is -2.90. The second-order valence-corrected chi connectivity index (χ2v) is 5.67. The lowest BCUT2D eigenvalue weighted by Gasteiger charge is -2.16.